The normalized spacial score (nSPS) is 17.2. The maximum atomic E-state index is 4.41. The topological polar surface area (TPSA) is 29.9 Å². The second-order valence-corrected chi connectivity index (χ2v) is 3.41. The van der Waals surface area contributed by atoms with Crippen LogP contribution in [0.25, 0.3) is 0 Å². The van der Waals surface area contributed by atoms with Crippen molar-refractivity contribution in [1.29, 1.82) is 0 Å². The van der Waals surface area contributed by atoms with Gasteiger partial charge in [0.15, 0.2) is 0 Å². The van der Waals surface area contributed by atoms with Crippen molar-refractivity contribution in [2.45, 2.75) is 26.3 Å². The summed E-state index contributed by atoms with van der Waals surface area (Å²) in [6.07, 6.45) is 2.39. The summed E-state index contributed by atoms with van der Waals surface area (Å²) in [6, 6.07) is 0. The van der Waals surface area contributed by atoms with Gasteiger partial charge in [0.1, 0.15) is 0 Å². The SMILES string of the molecule is Cc1nn(C)c2c1CNCCC2. The Morgan fingerprint density at radius 1 is 1.50 bits per heavy atom. The number of hydrogen-bond donors (Lipinski definition) is 1. The molecule has 0 aliphatic carbocycles. The van der Waals surface area contributed by atoms with Crippen LogP contribution in [0.3, 0.4) is 0 Å². The Kier molecular flexibility index (Phi) is 1.89. The summed E-state index contributed by atoms with van der Waals surface area (Å²) < 4.78 is 2.03. The fourth-order valence-corrected chi connectivity index (χ4v) is 1.89. The van der Waals surface area contributed by atoms with Crippen LogP contribution in [0.15, 0.2) is 0 Å². The molecule has 0 atom stereocenters. The lowest BCUT2D eigenvalue weighted by Crippen LogP contribution is -2.12. The Morgan fingerprint density at radius 2 is 2.33 bits per heavy atom. The van der Waals surface area contributed by atoms with E-state index in [-0.39, 0.29) is 0 Å². The standard InChI is InChI=1S/C9H15N3/c1-7-8-6-10-5-3-4-9(8)12(2)11-7/h10H,3-6H2,1-2H3. The van der Waals surface area contributed by atoms with E-state index in [4.69, 9.17) is 0 Å². The van der Waals surface area contributed by atoms with Crippen LogP contribution in [-0.4, -0.2) is 16.3 Å². The molecular formula is C9H15N3. The predicted molar refractivity (Wildman–Crippen MR) is 48.0 cm³/mol. The third-order valence-electron chi connectivity index (χ3n) is 2.54. The van der Waals surface area contributed by atoms with Gasteiger partial charge >= 0.3 is 0 Å². The first kappa shape index (κ1) is 7.80. The van der Waals surface area contributed by atoms with Crippen LogP contribution in [0.1, 0.15) is 23.4 Å². The predicted octanol–water partition coefficient (Wildman–Crippen LogP) is 0.764. The molecule has 2 rings (SSSR count). The van der Waals surface area contributed by atoms with Crippen LogP contribution in [0.4, 0.5) is 0 Å². The van der Waals surface area contributed by atoms with Gasteiger partial charge in [0.25, 0.3) is 0 Å². The van der Waals surface area contributed by atoms with E-state index in [2.05, 4.69) is 17.3 Å². The number of nitrogens with one attached hydrogen (secondary N) is 1. The number of aryl methyl sites for hydroxylation is 2. The number of rotatable bonds is 0. The molecule has 0 saturated heterocycles. The summed E-state index contributed by atoms with van der Waals surface area (Å²) in [5.41, 5.74) is 4.01. The van der Waals surface area contributed by atoms with Gasteiger partial charge in [-0.25, -0.2) is 0 Å². The summed E-state index contributed by atoms with van der Waals surface area (Å²) in [5, 5.41) is 7.82. The quantitative estimate of drug-likeness (QED) is 0.615. The lowest BCUT2D eigenvalue weighted by atomic mass is 10.1. The van der Waals surface area contributed by atoms with Crippen molar-refractivity contribution in [3.63, 3.8) is 0 Å². The molecule has 0 bridgehead atoms. The highest BCUT2D eigenvalue weighted by molar-refractivity contribution is 5.26. The van der Waals surface area contributed by atoms with Crippen LogP contribution in [0.2, 0.25) is 0 Å². The van der Waals surface area contributed by atoms with Gasteiger partial charge < -0.3 is 5.32 Å². The molecule has 12 heavy (non-hydrogen) atoms. The van der Waals surface area contributed by atoms with Crippen LogP contribution in [0.5, 0.6) is 0 Å². The van der Waals surface area contributed by atoms with Gasteiger partial charge in [-0.1, -0.05) is 0 Å². The molecule has 1 N–H and O–H groups in total. The Labute approximate surface area is 72.8 Å². The Bertz CT molecular complexity index is 262. The Balaban J connectivity index is 2.44. The highest BCUT2D eigenvalue weighted by Gasteiger charge is 2.14. The van der Waals surface area contributed by atoms with Crippen molar-refractivity contribution in [1.82, 2.24) is 15.1 Å². The monoisotopic (exact) mass is 165 g/mol. The van der Waals surface area contributed by atoms with Crippen LogP contribution in [0, 0.1) is 6.92 Å². The average molecular weight is 165 g/mol. The first-order chi connectivity index (χ1) is 5.79. The molecule has 1 aliphatic rings. The van der Waals surface area contributed by atoms with Crippen molar-refractivity contribution >= 4 is 0 Å². The highest BCUT2D eigenvalue weighted by Crippen LogP contribution is 2.16. The molecule has 1 aromatic heterocycles. The van der Waals surface area contributed by atoms with E-state index >= 15 is 0 Å². The summed E-state index contributed by atoms with van der Waals surface area (Å²) in [7, 11) is 2.04. The molecule has 1 aliphatic heterocycles. The number of hydrogen-bond acceptors (Lipinski definition) is 2. The summed E-state index contributed by atoms with van der Waals surface area (Å²) in [4.78, 5) is 0. The molecule has 0 saturated carbocycles. The molecule has 0 fully saturated rings. The van der Waals surface area contributed by atoms with E-state index in [0.29, 0.717) is 0 Å². The Morgan fingerprint density at radius 3 is 3.17 bits per heavy atom. The average Bonchev–Trinajstić information content (AvgIpc) is 2.29. The number of aromatic nitrogens is 2. The van der Waals surface area contributed by atoms with E-state index in [1.54, 1.807) is 0 Å². The van der Waals surface area contributed by atoms with Crippen LogP contribution >= 0.6 is 0 Å². The number of fused-ring (bicyclic) bond motifs is 1. The Hall–Kier alpha value is -0.830. The third-order valence-corrected chi connectivity index (χ3v) is 2.54. The zero-order valence-electron chi connectivity index (χ0n) is 7.72. The third kappa shape index (κ3) is 1.14. The summed E-state index contributed by atoms with van der Waals surface area (Å²) in [5.74, 6) is 0. The molecule has 3 nitrogen and oxygen atoms in total. The van der Waals surface area contributed by atoms with E-state index in [0.717, 1.165) is 13.1 Å². The molecule has 2 heterocycles. The largest absolute Gasteiger partial charge is 0.313 e. The van der Waals surface area contributed by atoms with Gasteiger partial charge in [-0.05, 0) is 26.3 Å². The fourth-order valence-electron chi connectivity index (χ4n) is 1.89. The van der Waals surface area contributed by atoms with E-state index in [9.17, 15) is 0 Å². The molecule has 3 heteroatoms. The van der Waals surface area contributed by atoms with E-state index in [1.165, 1.54) is 29.8 Å². The van der Waals surface area contributed by atoms with E-state index < -0.39 is 0 Å². The van der Waals surface area contributed by atoms with E-state index in [1.807, 2.05) is 11.7 Å². The van der Waals surface area contributed by atoms with Crippen molar-refractivity contribution in [3.8, 4) is 0 Å². The molecule has 0 aromatic carbocycles. The highest BCUT2D eigenvalue weighted by atomic mass is 15.3. The van der Waals surface area contributed by atoms with Crippen molar-refractivity contribution in [2.75, 3.05) is 6.54 Å². The molecular weight excluding hydrogens is 150 g/mol. The van der Waals surface area contributed by atoms with Crippen molar-refractivity contribution < 1.29 is 0 Å². The minimum atomic E-state index is 0.995. The molecule has 0 radical (unpaired) electrons. The van der Waals surface area contributed by atoms with Gasteiger partial charge in [0, 0.05) is 24.8 Å². The van der Waals surface area contributed by atoms with Gasteiger partial charge in [-0.15, -0.1) is 0 Å². The molecule has 0 spiro atoms. The van der Waals surface area contributed by atoms with Crippen LogP contribution in [-0.2, 0) is 20.0 Å². The molecule has 1 aromatic rings. The molecule has 0 amide bonds. The van der Waals surface area contributed by atoms with Gasteiger partial charge in [0.2, 0.25) is 0 Å². The van der Waals surface area contributed by atoms with Gasteiger partial charge in [0.05, 0.1) is 5.69 Å². The zero-order chi connectivity index (χ0) is 8.55. The first-order valence-corrected chi connectivity index (χ1v) is 4.51. The minimum Gasteiger partial charge on any atom is -0.313 e. The fraction of sp³-hybridized carbons (Fsp3) is 0.667. The van der Waals surface area contributed by atoms with Crippen molar-refractivity contribution in [3.05, 3.63) is 17.0 Å². The van der Waals surface area contributed by atoms with Gasteiger partial charge in [-0.2, -0.15) is 5.10 Å². The zero-order valence-corrected chi connectivity index (χ0v) is 7.72. The molecule has 0 unspecified atom stereocenters. The summed E-state index contributed by atoms with van der Waals surface area (Å²) in [6.45, 7) is 4.22. The lowest BCUT2D eigenvalue weighted by Gasteiger charge is -1.99. The summed E-state index contributed by atoms with van der Waals surface area (Å²) >= 11 is 0. The lowest BCUT2D eigenvalue weighted by molar-refractivity contribution is 0.650. The molecule has 66 valence electrons. The first-order valence-electron chi connectivity index (χ1n) is 4.51. The second-order valence-electron chi connectivity index (χ2n) is 3.41. The second kappa shape index (κ2) is 2.90. The smallest absolute Gasteiger partial charge is 0.0641 e. The number of nitrogens with zero attached hydrogens (tertiary/aromatic N) is 2. The maximum Gasteiger partial charge on any atom is 0.0641 e. The van der Waals surface area contributed by atoms with Crippen LogP contribution < -0.4 is 5.32 Å². The van der Waals surface area contributed by atoms with Gasteiger partial charge in [-0.3, -0.25) is 4.68 Å². The minimum absolute atomic E-state index is 0.995. The maximum absolute atomic E-state index is 4.41. The van der Waals surface area contributed by atoms with Crippen molar-refractivity contribution in [2.24, 2.45) is 7.05 Å².